The van der Waals surface area contributed by atoms with E-state index >= 15 is 0 Å². The Bertz CT molecular complexity index is 350. The quantitative estimate of drug-likeness (QED) is 0.166. The van der Waals surface area contributed by atoms with Gasteiger partial charge in [-0.1, -0.05) is 102 Å². The third-order valence-corrected chi connectivity index (χ3v) is 16.2. The molecule has 0 saturated heterocycles. The molecule has 0 aliphatic carbocycles. The van der Waals surface area contributed by atoms with E-state index in [9.17, 15) is 0 Å². The van der Waals surface area contributed by atoms with Gasteiger partial charge in [0.05, 0.1) is 0 Å². The molecule has 0 rings (SSSR count). The standard InChI is InChI=1S/C21H50O3Si3/c1-9-10-17-25(5,6)20-21-26(7,8)18-15-13-11-12-14-16-19-27(22-2,23-3)24-4/h9-21H2,1-8H3. The number of hydrogen-bond donors (Lipinski definition) is 0. The zero-order chi connectivity index (χ0) is 20.8. The van der Waals surface area contributed by atoms with E-state index in [1.807, 2.05) is 0 Å². The van der Waals surface area contributed by atoms with E-state index in [0.717, 1.165) is 12.5 Å². The molecule has 3 nitrogen and oxygen atoms in total. The van der Waals surface area contributed by atoms with Crippen LogP contribution < -0.4 is 0 Å². The Morgan fingerprint density at radius 3 is 1.26 bits per heavy atom. The lowest BCUT2D eigenvalue weighted by atomic mass is 10.1. The first-order chi connectivity index (χ1) is 12.7. The van der Waals surface area contributed by atoms with E-state index in [4.69, 9.17) is 13.3 Å². The summed E-state index contributed by atoms with van der Waals surface area (Å²) in [4.78, 5) is 0. The molecule has 0 N–H and O–H groups in total. The fourth-order valence-corrected chi connectivity index (χ4v) is 14.0. The van der Waals surface area contributed by atoms with Crippen molar-refractivity contribution < 1.29 is 13.3 Å². The minimum absolute atomic E-state index is 0.921. The summed E-state index contributed by atoms with van der Waals surface area (Å²) in [6.07, 6.45) is 10.8. The molecular formula is C21H50O3Si3. The van der Waals surface area contributed by atoms with Crippen LogP contribution in [0.5, 0.6) is 0 Å². The van der Waals surface area contributed by atoms with Crippen LogP contribution in [-0.4, -0.2) is 46.3 Å². The molecule has 0 fully saturated rings. The van der Waals surface area contributed by atoms with Gasteiger partial charge in [-0.15, -0.1) is 0 Å². The monoisotopic (exact) mass is 434 g/mol. The maximum atomic E-state index is 5.49. The zero-order valence-electron chi connectivity index (χ0n) is 19.9. The van der Waals surface area contributed by atoms with Crippen molar-refractivity contribution in [2.75, 3.05) is 21.3 Å². The van der Waals surface area contributed by atoms with Crippen LogP contribution in [0.25, 0.3) is 0 Å². The highest BCUT2D eigenvalue weighted by molar-refractivity contribution is 6.82. The third-order valence-electron chi connectivity index (χ3n) is 6.21. The highest BCUT2D eigenvalue weighted by Gasteiger charge is 2.36. The van der Waals surface area contributed by atoms with Crippen molar-refractivity contribution in [3.63, 3.8) is 0 Å². The van der Waals surface area contributed by atoms with Crippen LogP contribution in [0.1, 0.15) is 58.3 Å². The van der Waals surface area contributed by atoms with Crippen molar-refractivity contribution in [3.05, 3.63) is 0 Å². The summed E-state index contributed by atoms with van der Waals surface area (Å²) in [5.41, 5.74) is 0. The second-order valence-corrected chi connectivity index (χ2v) is 23.6. The van der Waals surface area contributed by atoms with Gasteiger partial charge in [0.1, 0.15) is 0 Å². The molecular weight excluding hydrogens is 384 g/mol. The summed E-state index contributed by atoms with van der Waals surface area (Å²) in [6, 6.07) is 7.13. The second kappa shape index (κ2) is 14.5. The Hall–Kier alpha value is 0.531. The Labute approximate surface area is 174 Å². The molecule has 6 heteroatoms. The van der Waals surface area contributed by atoms with Crippen molar-refractivity contribution in [2.24, 2.45) is 0 Å². The first-order valence-electron chi connectivity index (χ1n) is 11.3. The summed E-state index contributed by atoms with van der Waals surface area (Å²) in [5.74, 6) is 0. The van der Waals surface area contributed by atoms with Crippen molar-refractivity contribution in [1.29, 1.82) is 0 Å². The van der Waals surface area contributed by atoms with Crippen LogP contribution in [0.15, 0.2) is 0 Å². The van der Waals surface area contributed by atoms with Crippen LogP contribution in [-0.2, 0) is 13.3 Å². The van der Waals surface area contributed by atoms with Gasteiger partial charge < -0.3 is 13.3 Å². The fraction of sp³-hybridized carbons (Fsp3) is 1.00. The van der Waals surface area contributed by atoms with Crippen molar-refractivity contribution in [1.82, 2.24) is 0 Å². The zero-order valence-corrected chi connectivity index (χ0v) is 22.9. The molecule has 0 aromatic carbocycles. The molecule has 27 heavy (non-hydrogen) atoms. The van der Waals surface area contributed by atoms with E-state index < -0.39 is 25.0 Å². The van der Waals surface area contributed by atoms with Crippen LogP contribution in [0, 0.1) is 0 Å². The van der Waals surface area contributed by atoms with E-state index in [-0.39, 0.29) is 0 Å². The van der Waals surface area contributed by atoms with E-state index in [2.05, 4.69) is 33.1 Å². The normalized spacial score (nSPS) is 13.3. The molecule has 0 spiro atoms. The minimum atomic E-state index is -2.34. The third kappa shape index (κ3) is 13.4. The molecule has 0 amide bonds. The average molecular weight is 435 g/mol. The Morgan fingerprint density at radius 1 is 0.481 bits per heavy atom. The molecule has 0 heterocycles. The van der Waals surface area contributed by atoms with Gasteiger partial charge in [-0.3, -0.25) is 0 Å². The lowest BCUT2D eigenvalue weighted by Gasteiger charge is -2.29. The van der Waals surface area contributed by atoms with Crippen molar-refractivity contribution in [2.45, 2.75) is 115 Å². The molecule has 0 radical (unpaired) electrons. The van der Waals surface area contributed by atoms with Crippen molar-refractivity contribution >= 4 is 25.0 Å². The molecule has 0 aromatic heterocycles. The summed E-state index contributed by atoms with van der Waals surface area (Å²) < 4.78 is 16.5. The fourth-order valence-electron chi connectivity index (χ4n) is 3.79. The first-order valence-corrected chi connectivity index (χ1v) is 20.1. The topological polar surface area (TPSA) is 27.7 Å². The predicted molar refractivity (Wildman–Crippen MR) is 128 cm³/mol. The molecule has 0 aliphatic heterocycles. The van der Waals surface area contributed by atoms with Gasteiger partial charge in [-0.2, -0.15) is 0 Å². The summed E-state index contributed by atoms with van der Waals surface area (Å²) in [5, 5.41) is 0. The van der Waals surface area contributed by atoms with Gasteiger partial charge in [-0.05, 0) is 6.42 Å². The maximum absolute atomic E-state index is 5.49. The second-order valence-electron chi connectivity index (χ2n) is 9.85. The van der Waals surface area contributed by atoms with Crippen LogP contribution in [0.2, 0.25) is 56.4 Å². The highest BCUT2D eigenvalue weighted by atomic mass is 28.4. The molecule has 0 saturated carbocycles. The van der Waals surface area contributed by atoms with E-state index in [0.29, 0.717) is 0 Å². The van der Waals surface area contributed by atoms with E-state index in [1.165, 1.54) is 57.0 Å². The average Bonchev–Trinajstić information content (AvgIpc) is 2.64. The highest BCUT2D eigenvalue weighted by Crippen LogP contribution is 2.28. The van der Waals surface area contributed by atoms with Gasteiger partial charge in [-0.25, -0.2) is 0 Å². The summed E-state index contributed by atoms with van der Waals surface area (Å²) in [6.45, 7) is 12.8. The minimum Gasteiger partial charge on any atom is -0.377 e. The largest absolute Gasteiger partial charge is 0.500 e. The van der Waals surface area contributed by atoms with Gasteiger partial charge in [0.2, 0.25) is 0 Å². The van der Waals surface area contributed by atoms with Gasteiger partial charge in [0, 0.05) is 43.5 Å². The van der Waals surface area contributed by atoms with Crippen LogP contribution in [0.4, 0.5) is 0 Å². The SMILES string of the molecule is CCCC[Si](C)(C)CC[Si](C)(C)CCCCCCCC[Si](OC)(OC)OC. The molecule has 164 valence electrons. The van der Waals surface area contributed by atoms with Gasteiger partial charge in [0.25, 0.3) is 0 Å². The van der Waals surface area contributed by atoms with E-state index in [1.54, 1.807) is 33.4 Å². The number of rotatable bonds is 18. The maximum Gasteiger partial charge on any atom is 0.500 e. The van der Waals surface area contributed by atoms with Gasteiger partial charge in [0.15, 0.2) is 0 Å². The number of unbranched alkanes of at least 4 members (excludes halogenated alkanes) is 6. The molecule has 0 atom stereocenters. The molecule has 0 aromatic rings. The first kappa shape index (κ1) is 27.5. The van der Waals surface area contributed by atoms with Crippen LogP contribution >= 0.6 is 0 Å². The smallest absolute Gasteiger partial charge is 0.377 e. The predicted octanol–water partition coefficient (Wildman–Crippen LogP) is 7.42. The molecule has 0 bridgehead atoms. The van der Waals surface area contributed by atoms with Crippen LogP contribution in [0.3, 0.4) is 0 Å². The Kier molecular flexibility index (Phi) is 14.8. The molecule has 0 aliphatic rings. The lowest BCUT2D eigenvalue weighted by molar-refractivity contribution is 0.122. The Balaban J connectivity index is 3.82. The Morgan fingerprint density at radius 2 is 0.852 bits per heavy atom. The lowest BCUT2D eigenvalue weighted by Crippen LogP contribution is -2.42. The summed E-state index contributed by atoms with van der Waals surface area (Å²) >= 11 is 0. The van der Waals surface area contributed by atoms with Gasteiger partial charge >= 0.3 is 8.80 Å². The summed E-state index contributed by atoms with van der Waals surface area (Å²) in [7, 11) is 0.880. The number of hydrogen-bond acceptors (Lipinski definition) is 3. The molecule has 0 unspecified atom stereocenters. The van der Waals surface area contributed by atoms with Crippen molar-refractivity contribution in [3.8, 4) is 0 Å².